The van der Waals surface area contributed by atoms with Gasteiger partial charge in [0.1, 0.15) is 18.1 Å². The molecule has 0 bridgehead atoms. The monoisotopic (exact) mass is 334 g/mol. The van der Waals surface area contributed by atoms with Gasteiger partial charge in [0.25, 0.3) is 0 Å². The average molecular weight is 334 g/mol. The third-order valence-electron chi connectivity index (χ3n) is 4.33. The van der Waals surface area contributed by atoms with E-state index in [0.717, 1.165) is 39.3 Å². The molecule has 0 unspecified atom stereocenters. The van der Waals surface area contributed by atoms with Crippen molar-refractivity contribution in [2.24, 2.45) is 0 Å². The van der Waals surface area contributed by atoms with E-state index in [1.54, 1.807) is 7.11 Å². The molecule has 0 saturated heterocycles. The minimum Gasteiger partial charge on any atom is -0.497 e. The molecule has 0 fully saturated rings. The molecule has 3 aromatic rings. The van der Waals surface area contributed by atoms with Gasteiger partial charge in [0.15, 0.2) is 0 Å². The van der Waals surface area contributed by atoms with Crippen molar-refractivity contribution < 1.29 is 14.6 Å². The van der Waals surface area contributed by atoms with Crippen LogP contribution in [-0.4, -0.2) is 12.2 Å². The lowest BCUT2D eigenvalue weighted by Crippen LogP contribution is -1.96. The molecule has 1 N–H and O–H groups in total. The van der Waals surface area contributed by atoms with Gasteiger partial charge >= 0.3 is 0 Å². The van der Waals surface area contributed by atoms with Crippen LogP contribution in [-0.2, 0) is 13.2 Å². The zero-order valence-corrected chi connectivity index (χ0v) is 14.5. The lowest BCUT2D eigenvalue weighted by atomic mass is 9.96. The van der Waals surface area contributed by atoms with Crippen molar-refractivity contribution in [1.29, 1.82) is 0 Å². The fraction of sp³-hybridized carbons (Fsp3) is 0.182. The van der Waals surface area contributed by atoms with Crippen LogP contribution in [0, 0.1) is 6.92 Å². The second kappa shape index (κ2) is 7.86. The Hall–Kier alpha value is -2.78. The predicted molar refractivity (Wildman–Crippen MR) is 99.9 cm³/mol. The van der Waals surface area contributed by atoms with Crippen LogP contribution in [0.2, 0.25) is 0 Å². The summed E-state index contributed by atoms with van der Waals surface area (Å²) in [7, 11) is 1.66. The molecule has 3 aromatic carbocycles. The number of aliphatic hydroxyl groups is 1. The van der Waals surface area contributed by atoms with Gasteiger partial charge in [0, 0.05) is 0 Å². The Kier molecular flexibility index (Phi) is 5.36. The number of rotatable bonds is 6. The molecule has 3 heteroatoms. The average Bonchev–Trinajstić information content (AvgIpc) is 2.67. The highest BCUT2D eigenvalue weighted by atomic mass is 16.5. The van der Waals surface area contributed by atoms with E-state index < -0.39 is 0 Å². The van der Waals surface area contributed by atoms with E-state index in [9.17, 15) is 5.11 Å². The van der Waals surface area contributed by atoms with Gasteiger partial charge in [-0.15, -0.1) is 0 Å². The van der Waals surface area contributed by atoms with Gasteiger partial charge in [-0.1, -0.05) is 42.5 Å². The molecule has 0 radical (unpaired) electrons. The summed E-state index contributed by atoms with van der Waals surface area (Å²) in [6, 6.07) is 21.9. The molecule has 3 nitrogen and oxygen atoms in total. The summed E-state index contributed by atoms with van der Waals surface area (Å²) in [5.41, 5.74) is 5.32. The molecule has 0 spiro atoms. The van der Waals surface area contributed by atoms with Crippen molar-refractivity contribution in [3.63, 3.8) is 0 Å². The van der Waals surface area contributed by atoms with Crippen molar-refractivity contribution in [2.75, 3.05) is 7.11 Å². The van der Waals surface area contributed by atoms with Crippen molar-refractivity contribution in [3.05, 3.63) is 83.4 Å². The smallest absolute Gasteiger partial charge is 0.120 e. The SMILES string of the molecule is COc1ccc(COc2cccc(-c3cccc(CO)c3C)c2)cc1. The standard InChI is InChI=1S/C22H22O3/c1-16-19(14-23)6-4-8-22(16)18-5-3-7-21(13-18)25-15-17-9-11-20(24-2)12-10-17/h3-13,23H,14-15H2,1-2H3. The zero-order valence-electron chi connectivity index (χ0n) is 14.5. The van der Waals surface area contributed by atoms with Crippen molar-refractivity contribution >= 4 is 0 Å². The highest BCUT2D eigenvalue weighted by molar-refractivity contribution is 5.69. The van der Waals surface area contributed by atoms with Crippen molar-refractivity contribution in [3.8, 4) is 22.6 Å². The summed E-state index contributed by atoms with van der Waals surface area (Å²) >= 11 is 0. The van der Waals surface area contributed by atoms with Gasteiger partial charge in [-0.2, -0.15) is 0 Å². The van der Waals surface area contributed by atoms with Crippen molar-refractivity contribution in [1.82, 2.24) is 0 Å². The minimum atomic E-state index is 0.0489. The lowest BCUT2D eigenvalue weighted by molar-refractivity contribution is 0.281. The molecule has 0 aromatic heterocycles. The highest BCUT2D eigenvalue weighted by Gasteiger charge is 2.07. The second-order valence-corrected chi connectivity index (χ2v) is 5.91. The Morgan fingerprint density at radius 1 is 0.880 bits per heavy atom. The van der Waals surface area contributed by atoms with Crippen LogP contribution in [0.4, 0.5) is 0 Å². The molecule has 3 rings (SSSR count). The number of benzene rings is 3. The van der Waals surface area contributed by atoms with Crippen LogP contribution in [0.3, 0.4) is 0 Å². The van der Waals surface area contributed by atoms with Crippen molar-refractivity contribution in [2.45, 2.75) is 20.1 Å². The Bertz CT molecular complexity index is 838. The summed E-state index contributed by atoms with van der Waals surface area (Å²) < 4.78 is 11.1. The first kappa shape index (κ1) is 17.1. The van der Waals surface area contributed by atoms with E-state index in [2.05, 4.69) is 12.1 Å². The van der Waals surface area contributed by atoms with E-state index >= 15 is 0 Å². The van der Waals surface area contributed by atoms with Crippen LogP contribution < -0.4 is 9.47 Å². The van der Waals surface area contributed by atoms with Gasteiger partial charge in [-0.25, -0.2) is 0 Å². The summed E-state index contributed by atoms with van der Waals surface area (Å²) in [6.45, 7) is 2.59. The van der Waals surface area contributed by atoms with Crippen LogP contribution in [0.15, 0.2) is 66.7 Å². The number of aliphatic hydroxyl groups excluding tert-OH is 1. The number of methoxy groups -OCH3 is 1. The Morgan fingerprint density at radius 3 is 2.36 bits per heavy atom. The second-order valence-electron chi connectivity index (χ2n) is 5.91. The normalized spacial score (nSPS) is 10.5. The third-order valence-corrected chi connectivity index (χ3v) is 4.33. The first-order valence-electron chi connectivity index (χ1n) is 8.27. The van der Waals surface area contributed by atoms with E-state index in [-0.39, 0.29) is 6.61 Å². The fourth-order valence-corrected chi connectivity index (χ4v) is 2.81. The molecule has 0 aliphatic heterocycles. The summed E-state index contributed by atoms with van der Waals surface area (Å²) in [4.78, 5) is 0. The summed E-state index contributed by atoms with van der Waals surface area (Å²) in [5, 5.41) is 9.46. The predicted octanol–water partition coefficient (Wildman–Crippen LogP) is 4.74. The molecule has 0 aliphatic rings. The molecule has 128 valence electrons. The van der Waals surface area contributed by atoms with Crippen LogP contribution in [0.5, 0.6) is 11.5 Å². The Labute approximate surface area is 148 Å². The molecule has 25 heavy (non-hydrogen) atoms. The maximum absolute atomic E-state index is 9.46. The Balaban J connectivity index is 1.77. The fourth-order valence-electron chi connectivity index (χ4n) is 2.81. The first-order chi connectivity index (χ1) is 12.2. The van der Waals surface area contributed by atoms with Gasteiger partial charge in [-0.05, 0) is 59.0 Å². The van der Waals surface area contributed by atoms with Gasteiger partial charge in [-0.3, -0.25) is 0 Å². The molecular weight excluding hydrogens is 312 g/mol. The van der Waals surface area contributed by atoms with E-state index in [1.165, 1.54) is 0 Å². The summed E-state index contributed by atoms with van der Waals surface area (Å²) in [6.07, 6.45) is 0. The van der Waals surface area contributed by atoms with Gasteiger partial charge in [0.05, 0.1) is 13.7 Å². The minimum absolute atomic E-state index is 0.0489. The molecular formula is C22H22O3. The zero-order chi connectivity index (χ0) is 17.6. The first-order valence-corrected chi connectivity index (χ1v) is 8.27. The van der Waals surface area contributed by atoms with E-state index in [0.29, 0.717) is 6.61 Å². The lowest BCUT2D eigenvalue weighted by Gasteiger charge is -2.12. The van der Waals surface area contributed by atoms with Crippen LogP contribution in [0.25, 0.3) is 11.1 Å². The number of ether oxygens (including phenoxy) is 2. The van der Waals surface area contributed by atoms with E-state index in [4.69, 9.17) is 9.47 Å². The highest BCUT2D eigenvalue weighted by Crippen LogP contribution is 2.29. The molecule has 0 atom stereocenters. The molecule has 0 heterocycles. The Morgan fingerprint density at radius 2 is 1.64 bits per heavy atom. The third kappa shape index (κ3) is 4.01. The topological polar surface area (TPSA) is 38.7 Å². The summed E-state index contributed by atoms with van der Waals surface area (Å²) in [5.74, 6) is 1.66. The molecule has 0 amide bonds. The van der Waals surface area contributed by atoms with Gasteiger partial charge < -0.3 is 14.6 Å². The van der Waals surface area contributed by atoms with Crippen LogP contribution in [0.1, 0.15) is 16.7 Å². The van der Waals surface area contributed by atoms with Crippen LogP contribution >= 0.6 is 0 Å². The van der Waals surface area contributed by atoms with E-state index in [1.807, 2.05) is 61.5 Å². The quantitative estimate of drug-likeness (QED) is 0.707. The number of hydrogen-bond donors (Lipinski definition) is 1. The molecule has 0 aliphatic carbocycles. The van der Waals surface area contributed by atoms with Gasteiger partial charge in [0.2, 0.25) is 0 Å². The maximum Gasteiger partial charge on any atom is 0.120 e. The molecule has 0 saturated carbocycles. The largest absolute Gasteiger partial charge is 0.497 e. The maximum atomic E-state index is 9.46. The number of hydrogen-bond acceptors (Lipinski definition) is 3.